The van der Waals surface area contributed by atoms with Crippen molar-refractivity contribution >= 4 is 29.4 Å². The molecule has 13 heteroatoms. The van der Waals surface area contributed by atoms with Gasteiger partial charge >= 0.3 is 18.2 Å². The fourth-order valence-corrected chi connectivity index (χ4v) is 4.81. The number of ketones is 1. The van der Waals surface area contributed by atoms with Crippen molar-refractivity contribution in [2.75, 3.05) is 13.2 Å². The predicted molar refractivity (Wildman–Crippen MR) is 114 cm³/mol. The van der Waals surface area contributed by atoms with Crippen LogP contribution in [0.3, 0.4) is 0 Å². The van der Waals surface area contributed by atoms with Gasteiger partial charge in [-0.05, 0) is 50.4 Å². The highest BCUT2D eigenvalue weighted by Crippen LogP contribution is 2.56. The van der Waals surface area contributed by atoms with Gasteiger partial charge in [0.25, 0.3) is 0 Å². The minimum absolute atomic E-state index is 0.102. The van der Waals surface area contributed by atoms with Crippen LogP contribution in [0.15, 0.2) is 0 Å². The van der Waals surface area contributed by atoms with Crippen molar-refractivity contribution in [2.24, 2.45) is 17.8 Å². The molecular weight excluding hydrogens is 473 g/mol. The van der Waals surface area contributed by atoms with Crippen molar-refractivity contribution in [3.63, 3.8) is 0 Å². The van der Waals surface area contributed by atoms with Crippen molar-refractivity contribution in [3.05, 3.63) is 0 Å². The number of hydrogen-bond donors (Lipinski definition) is 4. The Morgan fingerprint density at radius 1 is 1.09 bits per heavy atom. The molecule has 2 bridgehead atoms. The molecule has 0 aromatic rings. The van der Waals surface area contributed by atoms with Crippen LogP contribution in [0, 0.1) is 17.8 Å². The largest absolute Gasteiger partial charge is 0.522 e. The van der Waals surface area contributed by atoms with Crippen molar-refractivity contribution in [2.45, 2.75) is 76.4 Å². The number of carbonyl (C=O) groups excluding carboxylic acids is 5. The third kappa shape index (κ3) is 7.15. The molecule has 3 saturated carbocycles. The molecule has 2 unspecified atom stereocenters. The number of nitrogens with one attached hydrogen (secondary N) is 4. The first-order chi connectivity index (χ1) is 16.3. The number of halogens is 3. The van der Waals surface area contributed by atoms with Gasteiger partial charge in [-0.1, -0.05) is 13.8 Å². The molecule has 0 aromatic carbocycles. The Morgan fingerprint density at radius 2 is 1.74 bits per heavy atom. The lowest BCUT2D eigenvalue weighted by Gasteiger charge is -2.61. The minimum Gasteiger partial charge on any atom is -0.356 e. The third-order valence-electron chi connectivity index (χ3n) is 6.72. The zero-order valence-electron chi connectivity index (χ0n) is 19.6. The van der Waals surface area contributed by atoms with Crippen LogP contribution < -0.4 is 21.3 Å². The van der Waals surface area contributed by atoms with Gasteiger partial charge in [-0.2, -0.15) is 0 Å². The summed E-state index contributed by atoms with van der Waals surface area (Å²) < 4.78 is 40.9. The van der Waals surface area contributed by atoms with Gasteiger partial charge in [0.2, 0.25) is 11.8 Å². The maximum absolute atomic E-state index is 13.0. The van der Waals surface area contributed by atoms with Crippen LogP contribution in [-0.2, 0) is 28.7 Å². The van der Waals surface area contributed by atoms with E-state index in [1.807, 2.05) is 0 Å². The van der Waals surface area contributed by atoms with Gasteiger partial charge in [-0.3, -0.25) is 28.7 Å². The topological polar surface area (TPSA) is 143 Å². The van der Waals surface area contributed by atoms with Gasteiger partial charge in [-0.15, -0.1) is 13.2 Å². The highest BCUT2D eigenvalue weighted by Gasteiger charge is 2.57. The second-order valence-corrected chi connectivity index (χ2v) is 10.1. The molecule has 1 aliphatic heterocycles. The van der Waals surface area contributed by atoms with Gasteiger partial charge in [0.1, 0.15) is 12.6 Å². The average molecular weight is 505 g/mol. The molecule has 3 atom stereocenters. The van der Waals surface area contributed by atoms with E-state index < -0.39 is 54.5 Å². The lowest BCUT2D eigenvalue weighted by Crippen LogP contribution is -2.69. The summed E-state index contributed by atoms with van der Waals surface area (Å²) in [7, 11) is 0. The van der Waals surface area contributed by atoms with Crippen LogP contribution >= 0.6 is 0 Å². The van der Waals surface area contributed by atoms with Crippen LogP contribution in [-0.4, -0.2) is 66.5 Å². The monoisotopic (exact) mass is 504 g/mol. The van der Waals surface area contributed by atoms with E-state index in [1.165, 1.54) is 0 Å². The lowest BCUT2D eigenvalue weighted by atomic mass is 9.50. The maximum atomic E-state index is 13.0. The summed E-state index contributed by atoms with van der Waals surface area (Å²) in [5.74, 6) is -4.34. The highest BCUT2D eigenvalue weighted by atomic mass is 19.4. The Kier molecular flexibility index (Phi) is 8.07. The Morgan fingerprint density at radius 3 is 2.23 bits per heavy atom. The first-order valence-electron chi connectivity index (χ1n) is 11.7. The second-order valence-electron chi connectivity index (χ2n) is 10.1. The van der Waals surface area contributed by atoms with Crippen LogP contribution in [0.2, 0.25) is 0 Å². The zero-order valence-corrected chi connectivity index (χ0v) is 19.6. The van der Waals surface area contributed by atoms with Crippen LogP contribution in [0.25, 0.3) is 0 Å². The Bertz CT molecular complexity index is 861. The quantitative estimate of drug-likeness (QED) is 0.298. The lowest BCUT2D eigenvalue weighted by molar-refractivity contribution is -0.321. The molecule has 1 heterocycles. The molecule has 4 aliphatic rings. The SMILES string of the molecule is CC(C)CC(NC(=O)C(=O)NC12CC(C1)C2)C(=O)NC(C[C@@H]1CCNC1=O)C(=O)COC(F)(F)F. The molecule has 196 valence electrons. The summed E-state index contributed by atoms with van der Waals surface area (Å²) in [6.45, 7) is 2.56. The minimum atomic E-state index is -5.04. The summed E-state index contributed by atoms with van der Waals surface area (Å²) in [4.78, 5) is 62.2. The third-order valence-corrected chi connectivity index (χ3v) is 6.72. The van der Waals surface area contributed by atoms with Gasteiger partial charge in [0, 0.05) is 18.0 Å². The van der Waals surface area contributed by atoms with Gasteiger partial charge < -0.3 is 21.3 Å². The molecule has 0 spiro atoms. The van der Waals surface area contributed by atoms with Crippen molar-refractivity contribution in [1.82, 2.24) is 21.3 Å². The standard InChI is InChI=1S/C22H31F3N4O6/c1-11(2)5-15(28-19(33)20(34)29-21-7-12(8-21)9-21)18(32)27-14(6-13-3-4-26-17(13)31)16(30)10-35-22(23,24)25/h11-15H,3-10H2,1-2H3,(H,26,31)(H,27,32)(H,28,33)(H,29,34)/t12?,13-,14?,15?,21?/m0/s1. The summed E-state index contributed by atoms with van der Waals surface area (Å²) >= 11 is 0. The van der Waals surface area contributed by atoms with E-state index in [4.69, 9.17) is 0 Å². The van der Waals surface area contributed by atoms with E-state index in [0.717, 1.165) is 19.3 Å². The number of alkyl halides is 3. The number of amides is 4. The second kappa shape index (κ2) is 10.5. The Hall–Kier alpha value is -2.70. The van der Waals surface area contributed by atoms with Crippen LogP contribution in [0.5, 0.6) is 0 Å². The van der Waals surface area contributed by atoms with E-state index in [9.17, 15) is 37.1 Å². The molecule has 0 radical (unpaired) electrons. The van der Waals surface area contributed by atoms with Gasteiger partial charge in [0.05, 0.1) is 6.04 Å². The molecule has 3 aliphatic carbocycles. The molecule has 35 heavy (non-hydrogen) atoms. The fourth-order valence-electron chi connectivity index (χ4n) is 4.81. The number of hydrogen-bond acceptors (Lipinski definition) is 6. The summed E-state index contributed by atoms with van der Waals surface area (Å²) in [5, 5.41) is 10.0. The maximum Gasteiger partial charge on any atom is 0.522 e. The molecule has 4 amide bonds. The first-order valence-corrected chi connectivity index (χ1v) is 11.7. The normalized spacial score (nSPS) is 26.6. The van der Waals surface area contributed by atoms with E-state index in [1.54, 1.807) is 13.8 Å². The smallest absolute Gasteiger partial charge is 0.356 e. The van der Waals surface area contributed by atoms with Gasteiger partial charge in [0.15, 0.2) is 5.78 Å². The fraction of sp³-hybridized carbons (Fsp3) is 0.773. The molecule has 0 aromatic heterocycles. The Balaban J connectivity index is 1.64. The van der Waals surface area contributed by atoms with Crippen molar-refractivity contribution in [1.29, 1.82) is 0 Å². The van der Waals surface area contributed by atoms with Crippen LogP contribution in [0.1, 0.15) is 52.4 Å². The van der Waals surface area contributed by atoms with Crippen LogP contribution in [0.4, 0.5) is 13.2 Å². The summed E-state index contributed by atoms with van der Waals surface area (Å²) in [6, 6.07) is -2.66. The van der Waals surface area contributed by atoms with E-state index in [0.29, 0.717) is 18.9 Å². The van der Waals surface area contributed by atoms with E-state index in [-0.39, 0.29) is 30.2 Å². The first kappa shape index (κ1) is 26.9. The molecule has 4 rings (SSSR count). The molecule has 4 fully saturated rings. The average Bonchev–Trinajstić information content (AvgIpc) is 3.10. The number of Topliss-reactive ketones (excluding diaryl/α,β-unsaturated/α-hetero) is 1. The number of rotatable bonds is 11. The van der Waals surface area contributed by atoms with E-state index in [2.05, 4.69) is 26.0 Å². The van der Waals surface area contributed by atoms with Crippen molar-refractivity contribution in [3.8, 4) is 0 Å². The zero-order chi connectivity index (χ0) is 26.0. The summed E-state index contributed by atoms with van der Waals surface area (Å²) in [6.07, 6.45) is -2.34. The Labute approximate surface area is 200 Å². The van der Waals surface area contributed by atoms with Gasteiger partial charge in [-0.25, -0.2) is 0 Å². The molecular formula is C22H31F3N4O6. The number of carbonyl (C=O) groups is 5. The molecule has 1 saturated heterocycles. The number of ether oxygens (including phenoxy) is 1. The molecule has 10 nitrogen and oxygen atoms in total. The predicted octanol–water partition coefficient (Wildman–Crippen LogP) is 0.303. The highest BCUT2D eigenvalue weighted by molar-refractivity contribution is 6.35. The summed E-state index contributed by atoms with van der Waals surface area (Å²) in [5.41, 5.74) is -0.341. The van der Waals surface area contributed by atoms with E-state index >= 15 is 0 Å². The molecule has 4 N–H and O–H groups in total. The van der Waals surface area contributed by atoms with Crippen molar-refractivity contribution < 1.29 is 41.9 Å².